The van der Waals surface area contributed by atoms with Crippen molar-refractivity contribution in [1.29, 1.82) is 0 Å². The van der Waals surface area contributed by atoms with Crippen LogP contribution in [0.15, 0.2) is 115 Å². The molecule has 0 unspecified atom stereocenters. The molecule has 0 atom stereocenters. The molecule has 0 heterocycles. The van der Waals surface area contributed by atoms with Crippen molar-refractivity contribution < 1.29 is 4.12 Å². The van der Waals surface area contributed by atoms with Gasteiger partial charge in [-0.1, -0.05) is 141 Å². The highest BCUT2D eigenvalue weighted by Crippen LogP contribution is 2.15. The van der Waals surface area contributed by atoms with Gasteiger partial charge in [-0.25, -0.2) is 0 Å². The Bertz CT molecular complexity index is 1060. The molecular weight excluding hydrogens is 433 g/mol. The van der Waals surface area contributed by atoms with Crippen molar-refractivity contribution in [2.24, 2.45) is 0 Å². The van der Waals surface area contributed by atoms with E-state index >= 15 is 0 Å². The molecule has 0 amide bonds. The molecule has 4 rings (SSSR count). The fourth-order valence-electron chi connectivity index (χ4n) is 4.46. The normalized spacial score (nSPS) is 11.4. The second kappa shape index (κ2) is 11.9. The molecular formula is C30H32OSi2. The summed E-state index contributed by atoms with van der Waals surface area (Å²) >= 11 is 0. The van der Waals surface area contributed by atoms with Gasteiger partial charge in [-0.3, -0.25) is 0 Å². The van der Waals surface area contributed by atoms with Crippen molar-refractivity contribution in [3.8, 4) is 0 Å². The number of hydrogen-bond acceptors (Lipinski definition) is 1. The second-order valence-electron chi connectivity index (χ2n) is 8.45. The third kappa shape index (κ3) is 5.62. The van der Waals surface area contributed by atoms with Gasteiger partial charge in [-0.15, -0.1) is 0 Å². The van der Waals surface area contributed by atoms with Gasteiger partial charge < -0.3 is 4.12 Å². The molecule has 0 bridgehead atoms. The van der Waals surface area contributed by atoms with Crippen LogP contribution in [0.25, 0.3) is 0 Å². The lowest BCUT2D eigenvalue weighted by Gasteiger charge is -2.35. The monoisotopic (exact) mass is 464 g/mol. The summed E-state index contributed by atoms with van der Waals surface area (Å²) in [5, 5.41) is 5.24. The molecule has 3 heteroatoms. The number of unbranched alkanes of at least 4 members (excludes halogenated alkanes) is 3. The van der Waals surface area contributed by atoms with Crippen molar-refractivity contribution in [3.05, 3.63) is 121 Å². The first-order chi connectivity index (χ1) is 16.3. The standard InChI is InChI=1S/C30H32OSi2/c1-2-3-4-8-17-26-18-15-16-25-30(26)33(28-21-11-6-12-22-28,29-23-13-7-14-24-29)31-32-27-19-9-5-10-20-27/h5-7,9-16,18-25H,2-4,8,17H2,1H3. The number of aryl methyl sites for hydroxylation is 1. The maximum absolute atomic E-state index is 7.21. The lowest BCUT2D eigenvalue weighted by molar-refractivity contribution is 0.628. The smallest absolute Gasteiger partial charge is 0.278 e. The molecule has 4 aromatic carbocycles. The first kappa shape index (κ1) is 23.4. The molecule has 0 aliphatic carbocycles. The molecule has 0 fully saturated rings. The highest BCUT2D eigenvalue weighted by Gasteiger charge is 2.43. The van der Waals surface area contributed by atoms with Gasteiger partial charge in [0.15, 0.2) is 0 Å². The van der Waals surface area contributed by atoms with Gasteiger partial charge in [-0.2, -0.15) is 0 Å². The fourth-order valence-corrected chi connectivity index (χ4v) is 10.5. The van der Waals surface area contributed by atoms with E-state index in [2.05, 4.69) is 122 Å². The quantitative estimate of drug-likeness (QED) is 0.177. The number of benzene rings is 4. The summed E-state index contributed by atoms with van der Waals surface area (Å²) in [5.74, 6) is 0. The van der Waals surface area contributed by atoms with Gasteiger partial charge in [0.2, 0.25) is 0 Å². The second-order valence-corrected chi connectivity index (χ2v) is 13.1. The highest BCUT2D eigenvalue weighted by molar-refractivity contribution is 7.09. The minimum atomic E-state index is -2.71. The third-order valence-corrected chi connectivity index (χ3v) is 11.9. The molecule has 0 saturated heterocycles. The lowest BCUT2D eigenvalue weighted by atomic mass is 10.1. The van der Waals surface area contributed by atoms with E-state index in [0.717, 1.165) is 6.42 Å². The summed E-state index contributed by atoms with van der Waals surface area (Å²) < 4.78 is 7.21. The van der Waals surface area contributed by atoms with Crippen LogP contribution in [-0.4, -0.2) is 18.1 Å². The van der Waals surface area contributed by atoms with Crippen LogP contribution in [0.4, 0.5) is 0 Å². The predicted molar refractivity (Wildman–Crippen MR) is 145 cm³/mol. The molecule has 0 aliphatic rings. The van der Waals surface area contributed by atoms with Gasteiger partial charge in [-0.05, 0) is 39.2 Å². The van der Waals surface area contributed by atoms with Crippen LogP contribution in [0.3, 0.4) is 0 Å². The van der Waals surface area contributed by atoms with Gasteiger partial charge in [0, 0.05) is 0 Å². The van der Waals surface area contributed by atoms with E-state index < -0.39 is 8.32 Å². The summed E-state index contributed by atoms with van der Waals surface area (Å²) in [6.07, 6.45) is 6.16. The van der Waals surface area contributed by atoms with E-state index in [1.54, 1.807) is 0 Å². The Hall–Kier alpha value is -2.73. The number of rotatable bonds is 11. The maximum Gasteiger partial charge on any atom is 0.278 e. The van der Waals surface area contributed by atoms with Crippen LogP contribution >= 0.6 is 0 Å². The molecule has 4 aromatic rings. The minimum absolute atomic E-state index is 0.293. The average Bonchev–Trinajstić information content (AvgIpc) is 2.89. The topological polar surface area (TPSA) is 9.23 Å². The predicted octanol–water partition coefficient (Wildman–Crippen LogP) is 4.74. The van der Waals surface area contributed by atoms with Gasteiger partial charge in [0.05, 0.1) is 0 Å². The zero-order chi connectivity index (χ0) is 22.8. The Labute approximate surface area is 202 Å². The Balaban J connectivity index is 1.85. The van der Waals surface area contributed by atoms with Gasteiger partial charge in [0.1, 0.15) is 0 Å². The minimum Gasteiger partial charge on any atom is -0.442 e. The average molecular weight is 465 g/mol. The van der Waals surface area contributed by atoms with Crippen LogP contribution in [0.5, 0.6) is 0 Å². The van der Waals surface area contributed by atoms with Crippen LogP contribution in [0.2, 0.25) is 0 Å². The Morgan fingerprint density at radius 3 is 1.76 bits per heavy atom. The lowest BCUT2D eigenvalue weighted by Crippen LogP contribution is -2.71. The SMILES string of the molecule is CCCCCCc1ccccc1[Si](O[Si]c1ccccc1)(c1ccccc1)c1ccccc1. The summed E-state index contributed by atoms with van der Waals surface area (Å²) in [6.45, 7) is 2.27. The van der Waals surface area contributed by atoms with Crippen molar-refractivity contribution >= 4 is 38.8 Å². The molecule has 33 heavy (non-hydrogen) atoms. The Kier molecular flexibility index (Phi) is 8.48. The fraction of sp³-hybridized carbons (Fsp3) is 0.200. The maximum atomic E-state index is 7.21. The summed E-state index contributed by atoms with van der Waals surface area (Å²) in [4.78, 5) is 0. The zero-order valence-corrected chi connectivity index (χ0v) is 21.4. The molecule has 0 aromatic heterocycles. The highest BCUT2D eigenvalue weighted by atomic mass is 28.4. The van der Waals surface area contributed by atoms with Crippen LogP contribution in [-0.2, 0) is 10.5 Å². The first-order valence-electron chi connectivity index (χ1n) is 12.0. The molecule has 0 aliphatic heterocycles. The van der Waals surface area contributed by atoms with Crippen molar-refractivity contribution in [1.82, 2.24) is 0 Å². The summed E-state index contributed by atoms with van der Waals surface area (Å²) in [6, 6.07) is 41.5. The van der Waals surface area contributed by atoms with E-state index in [9.17, 15) is 0 Å². The van der Waals surface area contributed by atoms with Crippen molar-refractivity contribution in [3.63, 3.8) is 0 Å². The van der Waals surface area contributed by atoms with E-state index in [0.29, 0.717) is 9.76 Å². The molecule has 0 saturated carbocycles. The van der Waals surface area contributed by atoms with E-state index in [1.807, 2.05) is 0 Å². The largest absolute Gasteiger partial charge is 0.442 e. The van der Waals surface area contributed by atoms with Crippen molar-refractivity contribution in [2.75, 3.05) is 0 Å². The van der Waals surface area contributed by atoms with E-state index in [1.165, 1.54) is 52.0 Å². The van der Waals surface area contributed by atoms with Crippen molar-refractivity contribution in [2.45, 2.75) is 39.0 Å². The Morgan fingerprint density at radius 2 is 1.15 bits per heavy atom. The Morgan fingerprint density at radius 1 is 0.606 bits per heavy atom. The van der Waals surface area contributed by atoms with E-state index in [4.69, 9.17) is 4.12 Å². The molecule has 2 radical (unpaired) electrons. The molecule has 0 spiro atoms. The van der Waals surface area contributed by atoms with Gasteiger partial charge in [0.25, 0.3) is 18.1 Å². The third-order valence-electron chi connectivity index (χ3n) is 6.15. The number of hydrogen-bond donors (Lipinski definition) is 0. The van der Waals surface area contributed by atoms with Crippen LogP contribution in [0.1, 0.15) is 38.2 Å². The van der Waals surface area contributed by atoms with Crippen LogP contribution in [0, 0.1) is 0 Å². The molecule has 1 nitrogen and oxygen atoms in total. The summed E-state index contributed by atoms with van der Waals surface area (Å²) in [5.41, 5.74) is 1.44. The zero-order valence-electron chi connectivity index (χ0n) is 19.4. The molecule has 166 valence electrons. The summed E-state index contributed by atoms with van der Waals surface area (Å²) in [7, 11) is -2.41. The molecule has 0 N–H and O–H groups in total. The van der Waals surface area contributed by atoms with Gasteiger partial charge >= 0.3 is 0 Å². The van der Waals surface area contributed by atoms with E-state index in [-0.39, 0.29) is 0 Å². The first-order valence-corrected chi connectivity index (χ1v) is 14.8. The van der Waals surface area contributed by atoms with Crippen LogP contribution < -0.4 is 20.7 Å².